The number of ether oxygens (including phenoxy) is 2. The number of imide groups is 1. The lowest BCUT2D eigenvalue weighted by molar-refractivity contribution is -0.122. The van der Waals surface area contributed by atoms with E-state index in [0.717, 1.165) is 28.5 Å². The van der Waals surface area contributed by atoms with Crippen LogP contribution in [0.15, 0.2) is 71.6 Å². The first-order valence-electron chi connectivity index (χ1n) is 11.1. The van der Waals surface area contributed by atoms with E-state index >= 15 is 0 Å². The quantitative estimate of drug-likeness (QED) is 0.274. The third-order valence-electron chi connectivity index (χ3n) is 5.30. The van der Waals surface area contributed by atoms with Crippen LogP contribution in [0.25, 0.3) is 6.08 Å². The van der Waals surface area contributed by atoms with Crippen LogP contribution in [0.4, 0.5) is 4.79 Å². The molecule has 180 valence electrons. The Morgan fingerprint density at radius 2 is 1.74 bits per heavy atom. The van der Waals surface area contributed by atoms with Crippen LogP contribution in [0, 0.1) is 0 Å². The van der Waals surface area contributed by atoms with Crippen molar-refractivity contribution < 1.29 is 19.1 Å². The highest BCUT2D eigenvalue weighted by molar-refractivity contribution is 8.18. The second kappa shape index (κ2) is 11.7. The Morgan fingerprint density at radius 1 is 0.943 bits per heavy atom. The molecule has 3 aromatic carbocycles. The minimum absolute atomic E-state index is 0.246. The van der Waals surface area contributed by atoms with Crippen molar-refractivity contribution in [2.75, 3.05) is 13.2 Å². The van der Waals surface area contributed by atoms with Crippen molar-refractivity contribution in [2.45, 2.75) is 20.0 Å². The highest BCUT2D eigenvalue weighted by Crippen LogP contribution is 2.35. The normalized spacial score (nSPS) is 14.6. The summed E-state index contributed by atoms with van der Waals surface area (Å²) in [6.45, 7) is 2.91. The molecule has 8 heteroatoms. The lowest BCUT2D eigenvalue weighted by Crippen LogP contribution is -2.30. The molecule has 5 nitrogen and oxygen atoms in total. The fraction of sp³-hybridized carbons (Fsp3) is 0.185. The largest absolute Gasteiger partial charge is 0.490 e. The van der Waals surface area contributed by atoms with E-state index < -0.39 is 0 Å². The summed E-state index contributed by atoms with van der Waals surface area (Å²) in [4.78, 5) is 27.0. The Kier molecular flexibility index (Phi) is 8.39. The van der Waals surface area contributed by atoms with Gasteiger partial charge in [0, 0.05) is 22.2 Å². The van der Waals surface area contributed by atoms with Crippen molar-refractivity contribution in [3.63, 3.8) is 0 Å². The van der Waals surface area contributed by atoms with Gasteiger partial charge in [0.25, 0.3) is 11.1 Å². The van der Waals surface area contributed by atoms with E-state index in [0.29, 0.717) is 46.0 Å². The summed E-state index contributed by atoms with van der Waals surface area (Å²) in [7, 11) is 0. The van der Waals surface area contributed by atoms with E-state index in [-0.39, 0.29) is 17.8 Å². The summed E-state index contributed by atoms with van der Waals surface area (Å²) < 4.78 is 11.7. The molecule has 0 unspecified atom stereocenters. The number of amides is 2. The third kappa shape index (κ3) is 6.40. The molecule has 1 aliphatic rings. The predicted octanol–water partition coefficient (Wildman–Crippen LogP) is 7.25. The number of carbonyl (C=O) groups excluding carboxylic acids is 2. The van der Waals surface area contributed by atoms with Crippen LogP contribution in [0.5, 0.6) is 11.5 Å². The molecule has 0 radical (unpaired) electrons. The number of hydrogen-bond donors (Lipinski definition) is 0. The van der Waals surface area contributed by atoms with Gasteiger partial charge in [-0.3, -0.25) is 14.5 Å². The van der Waals surface area contributed by atoms with Gasteiger partial charge < -0.3 is 9.47 Å². The Morgan fingerprint density at radius 3 is 2.49 bits per heavy atom. The van der Waals surface area contributed by atoms with Gasteiger partial charge in [0.05, 0.1) is 11.5 Å². The molecule has 0 saturated carbocycles. The van der Waals surface area contributed by atoms with Crippen molar-refractivity contribution in [1.82, 2.24) is 4.90 Å². The molecule has 4 rings (SSSR count). The van der Waals surface area contributed by atoms with Crippen LogP contribution >= 0.6 is 35.0 Å². The molecule has 0 aromatic heterocycles. The summed E-state index contributed by atoms with van der Waals surface area (Å²) in [6, 6.07) is 20.4. The van der Waals surface area contributed by atoms with Gasteiger partial charge in [-0.1, -0.05) is 65.7 Å². The predicted molar refractivity (Wildman–Crippen MR) is 141 cm³/mol. The second-order valence-corrected chi connectivity index (χ2v) is 9.57. The number of benzene rings is 3. The van der Waals surface area contributed by atoms with Gasteiger partial charge in [-0.2, -0.15) is 0 Å². The molecule has 35 heavy (non-hydrogen) atoms. The topological polar surface area (TPSA) is 55.8 Å². The number of thioether (sulfide) groups is 1. The summed E-state index contributed by atoms with van der Waals surface area (Å²) in [5.74, 6) is 0.798. The van der Waals surface area contributed by atoms with Gasteiger partial charge >= 0.3 is 0 Å². The molecule has 0 aliphatic carbocycles. The van der Waals surface area contributed by atoms with Crippen molar-refractivity contribution in [1.29, 1.82) is 0 Å². The first kappa shape index (κ1) is 25.2. The monoisotopic (exact) mass is 527 g/mol. The van der Waals surface area contributed by atoms with E-state index in [2.05, 4.69) is 0 Å². The molecule has 1 aliphatic heterocycles. The summed E-state index contributed by atoms with van der Waals surface area (Å²) >= 11 is 13.2. The molecule has 0 spiro atoms. The fourth-order valence-corrected chi connectivity index (χ4v) is 4.85. The zero-order chi connectivity index (χ0) is 24.8. The SMILES string of the molecule is CCOc1cc(/C=C2\SC(=O)N(CCc3ccccc3)C2=O)ccc1OCc1ccc(Cl)cc1Cl. The maximum Gasteiger partial charge on any atom is 0.293 e. The van der Waals surface area contributed by atoms with Crippen LogP contribution in [0.2, 0.25) is 10.0 Å². The van der Waals surface area contributed by atoms with Gasteiger partial charge in [-0.25, -0.2) is 0 Å². The van der Waals surface area contributed by atoms with Crippen molar-refractivity contribution >= 4 is 52.2 Å². The van der Waals surface area contributed by atoms with Crippen molar-refractivity contribution in [3.05, 3.63) is 98.4 Å². The van der Waals surface area contributed by atoms with Crippen LogP contribution in [-0.4, -0.2) is 29.2 Å². The Bertz CT molecular complexity index is 1260. The highest BCUT2D eigenvalue weighted by atomic mass is 35.5. The average molecular weight is 528 g/mol. The zero-order valence-corrected chi connectivity index (χ0v) is 21.3. The van der Waals surface area contributed by atoms with Crippen molar-refractivity contribution in [2.24, 2.45) is 0 Å². The van der Waals surface area contributed by atoms with Gasteiger partial charge in [-0.15, -0.1) is 0 Å². The molecule has 1 saturated heterocycles. The van der Waals surface area contributed by atoms with Gasteiger partial charge in [0.2, 0.25) is 0 Å². The van der Waals surface area contributed by atoms with Gasteiger partial charge in [0.1, 0.15) is 6.61 Å². The molecule has 1 fully saturated rings. The number of halogens is 2. The van der Waals surface area contributed by atoms with Crippen LogP contribution < -0.4 is 9.47 Å². The van der Waals surface area contributed by atoms with E-state index in [4.69, 9.17) is 32.7 Å². The summed E-state index contributed by atoms with van der Waals surface area (Å²) in [6.07, 6.45) is 2.32. The molecule has 0 bridgehead atoms. The standard InChI is InChI=1S/C27H23Cl2NO4S/c1-2-33-24-14-19(8-11-23(24)34-17-20-9-10-21(28)16-22(20)29)15-25-26(31)30(27(32)35-25)13-12-18-6-4-3-5-7-18/h3-11,14-16H,2,12-13,17H2,1H3/b25-15-. The first-order chi connectivity index (χ1) is 16.9. The minimum Gasteiger partial charge on any atom is -0.490 e. The van der Waals surface area contributed by atoms with Crippen molar-refractivity contribution in [3.8, 4) is 11.5 Å². The summed E-state index contributed by atoms with van der Waals surface area (Å²) in [5.41, 5.74) is 2.61. The number of carbonyl (C=O) groups is 2. The average Bonchev–Trinajstić information content (AvgIpc) is 3.11. The Labute approximate surface area is 218 Å². The number of rotatable bonds is 9. The van der Waals surface area contributed by atoms with Crippen LogP contribution in [0.1, 0.15) is 23.6 Å². The number of hydrogen-bond acceptors (Lipinski definition) is 5. The first-order valence-corrected chi connectivity index (χ1v) is 12.6. The molecular formula is C27H23Cl2NO4S. The molecule has 0 N–H and O–H groups in total. The maximum absolute atomic E-state index is 12.9. The molecule has 3 aromatic rings. The third-order valence-corrected chi connectivity index (χ3v) is 6.80. The zero-order valence-electron chi connectivity index (χ0n) is 19.0. The molecule has 0 atom stereocenters. The smallest absolute Gasteiger partial charge is 0.293 e. The molecule has 1 heterocycles. The lowest BCUT2D eigenvalue weighted by atomic mass is 10.1. The van der Waals surface area contributed by atoms with E-state index in [1.54, 1.807) is 30.3 Å². The second-order valence-electron chi connectivity index (χ2n) is 7.73. The molecular weight excluding hydrogens is 505 g/mol. The number of nitrogens with zero attached hydrogens (tertiary/aromatic N) is 1. The molecule has 2 amide bonds. The maximum atomic E-state index is 12.9. The van der Waals surface area contributed by atoms with E-state index in [9.17, 15) is 9.59 Å². The van der Waals surface area contributed by atoms with E-state index in [1.165, 1.54) is 4.90 Å². The Balaban J connectivity index is 1.47. The van der Waals surface area contributed by atoms with Gasteiger partial charge in [0.15, 0.2) is 11.5 Å². The van der Waals surface area contributed by atoms with E-state index in [1.807, 2.05) is 49.4 Å². The fourth-order valence-electron chi connectivity index (χ4n) is 3.53. The summed E-state index contributed by atoms with van der Waals surface area (Å²) in [5, 5.41) is 0.819. The highest BCUT2D eigenvalue weighted by Gasteiger charge is 2.34. The van der Waals surface area contributed by atoms with Crippen LogP contribution in [0.3, 0.4) is 0 Å². The Hall–Kier alpha value is -2.93. The van der Waals surface area contributed by atoms with Gasteiger partial charge in [-0.05, 0) is 66.6 Å². The van der Waals surface area contributed by atoms with Crippen LogP contribution in [-0.2, 0) is 17.8 Å². The minimum atomic E-state index is -0.286. The lowest BCUT2D eigenvalue weighted by Gasteiger charge is -2.14.